The first kappa shape index (κ1) is 24.6. The summed E-state index contributed by atoms with van der Waals surface area (Å²) in [6.07, 6.45) is 6.10. The summed E-state index contributed by atoms with van der Waals surface area (Å²) >= 11 is 0. The second-order valence-corrected chi connectivity index (χ2v) is 9.61. The molecule has 1 aromatic heterocycles. The van der Waals surface area contributed by atoms with Crippen LogP contribution in [0.25, 0.3) is 10.9 Å². The second kappa shape index (κ2) is 9.76. The van der Waals surface area contributed by atoms with E-state index in [1.165, 1.54) is 18.6 Å². The van der Waals surface area contributed by atoms with Gasteiger partial charge in [0.1, 0.15) is 35.6 Å². The topological polar surface area (TPSA) is 76.5 Å². The van der Waals surface area contributed by atoms with Crippen LogP contribution in [0.3, 0.4) is 0 Å². The number of fused-ring (bicyclic) bond motifs is 3. The van der Waals surface area contributed by atoms with Gasteiger partial charge in [0.2, 0.25) is 0 Å². The average molecular weight is 502 g/mol. The van der Waals surface area contributed by atoms with Crippen LogP contribution < -0.4 is 14.8 Å². The Hall–Kier alpha value is -3.07. The Morgan fingerprint density at radius 1 is 1.22 bits per heavy atom. The van der Waals surface area contributed by atoms with Crippen LogP contribution in [0.1, 0.15) is 67.6 Å². The van der Waals surface area contributed by atoms with Gasteiger partial charge in [-0.15, -0.1) is 0 Å². The van der Waals surface area contributed by atoms with Gasteiger partial charge >= 0.3 is 0 Å². The second-order valence-electron chi connectivity index (χ2n) is 9.61. The molecule has 36 heavy (non-hydrogen) atoms. The van der Waals surface area contributed by atoms with Crippen molar-refractivity contribution in [2.75, 3.05) is 18.5 Å². The van der Waals surface area contributed by atoms with E-state index in [1.54, 1.807) is 13.8 Å². The fraction of sp³-hybridized carbons (Fsp3) is 0.481. The molecule has 6 nitrogen and oxygen atoms in total. The number of ether oxygens (including phenoxy) is 2. The number of nitrogens with one attached hydrogen (secondary N) is 1. The first-order chi connectivity index (χ1) is 17.3. The van der Waals surface area contributed by atoms with E-state index < -0.39 is 30.0 Å². The minimum Gasteiger partial charge on any atom is -0.493 e. The first-order valence-electron chi connectivity index (χ1n) is 12.5. The zero-order chi connectivity index (χ0) is 25.4. The van der Waals surface area contributed by atoms with Crippen molar-refractivity contribution < 1.29 is 27.8 Å². The molecule has 1 aliphatic carbocycles. The molecular weight excluding hydrogens is 471 g/mol. The molecule has 1 atom stereocenters. The van der Waals surface area contributed by atoms with Crippen LogP contribution in [0, 0.1) is 12.7 Å². The van der Waals surface area contributed by atoms with Crippen molar-refractivity contribution in [2.45, 2.75) is 70.4 Å². The van der Waals surface area contributed by atoms with Crippen LogP contribution in [0.2, 0.25) is 0 Å². The number of hydrogen-bond acceptors (Lipinski definition) is 6. The molecule has 1 fully saturated rings. The SMILES string of the molecule is Cc1nc(N[C@H](C)c2cccc(C(F)(F)CO)c2F)c2c(OC3CCCCC3)cc3c(c2n1)CCO3. The van der Waals surface area contributed by atoms with Gasteiger partial charge in [0.05, 0.1) is 35.2 Å². The summed E-state index contributed by atoms with van der Waals surface area (Å²) in [6.45, 7) is 2.53. The van der Waals surface area contributed by atoms with Crippen molar-refractivity contribution in [2.24, 2.45) is 0 Å². The zero-order valence-electron chi connectivity index (χ0n) is 20.4. The van der Waals surface area contributed by atoms with Gasteiger partial charge in [0.15, 0.2) is 0 Å². The van der Waals surface area contributed by atoms with Gasteiger partial charge in [-0.05, 0) is 45.6 Å². The fourth-order valence-electron chi connectivity index (χ4n) is 5.15. The Labute approximate surface area is 207 Å². The molecule has 0 amide bonds. The molecule has 9 heteroatoms. The van der Waals surface area contributed by atoms with Crippen LogP contribution in [0.15, 0.2) is 24.3 Å². The van der Waals surface area contributed by atoms with Crippen LogP contribution in [-0.2, 0) is 12.3 Å². The van der Waals surface area contributed by atoms with Crippen molar-refractivity contribution in [1.82, 2.24) is 9.97 Å². The summed E-state index contributed by atoms with van der Waals surface area (Å²) in [7, 11) is 0. The summed E-state index contributed by atoms with van der Waals surface area (Å²) < 4.78 is 55.7. The van der Waals surface area contributed by atoms with E-state index in [2.05, 4.69) is 10.3 Å². The molecule has 1 saturated carbocycles. The van der Waals surface area contributed by atoms with Gasteiger partial charge in [-0.1, -0.05) is 18.6 Å². The predicted octanol–water partition coefficient (Wildman–Crippen LogP) is 5.98. The van der Waals surface area contributed by atoms with Gasteiger partial charge in [0.25, 0.3) is 5.92 Å². The van der Waals surface area contributed by atoms with Gasteiger partial charge in [-0.2, -0.15) is 8.78 Å². The van der Waals surface area contributed by atoms with Crippen molar-refractivity contribution in [3.63, 3.8) is 0 Å². The molecule has 1 aliphatic heterocycles. The smallest absolute Gasteiger partial charge is 0.298 e. The van der Waals surface area contributed by atoms with E-state index in [9.17, 15) is 8.78 Å². The molecule has 5 rings (SSSR count). The lowest BCUT2D eigenvalue weighted by Crippen LogP contribution is -2.22. The molecule has 0 bridgehead atoms. The molecule has 0 saturated heterocycles. The third-order valence-electron chi connectivity index (χ3n) is 7.01. The summed E-state index contributed by atoms with van der Waals surface area (Å²) in [5, 5.41) is 13.0. The van der Waals surface area contributed by atoms with E-state index in [0.29, 0.717) is 35.8 Å². The lowest BCUT2D eigenvalue weighted by molar-refractivity contribution is -0.0583. The number of hydrogen-bond donors (Lipinski definition) is 2. The van der Waals surface area contributed by atoms with Crippen LogP contribution in [-0.4, -0.2) is 34.4 Å². The minimum absolute atomic E-state index is 0.0456. The molecule has 2 heterocycles. The van der Waals surface area contributed by atoms with E-state index >= 15 is 4.39 Å². The number of benzene rings is 2. The van der Waals surface area contributed by atoms with Crippen LogP contribution in [0.4, 0.5) is 19.0 Å². The van der Waals surface area contributed by atoms with E-state index in [4.69, 9.17) is 19.6 Å². The molecule has 2 aliphatic rings. The third-order valence-corrected chi connectivity index (χ3v) is 7.01. The number of alkyl halides is 2. The molecule has 3 aromatic rings. The van der Waals surface area contributed by atoms with Crippen molar-refractivity contribution >= 4 is 16.7 Å². The Kier molecular flexibility index (Phi) is 6.68. The van der Waals surface area contributed by atoms with Crippen LogP contribution in [0.5, 0.6) is 11.5 Å². The number of halogens is 3. The summed E-state index contributed by atoms with van der Waals surface area (Å²) in [5.41, 5.74) is 0.900. The number of aliphatic hydroxyl groups is 1. The maximum absolute atomic E-state index is 15.2. The van der Waals surface area contributed by atoms with Crippen molar-refractivity contribution in [3.05, 3.63) is 52.6 Å². The van der Waals surface area contributed by atoms with Gasteiger partial charge in [-0.3, -0.25) is 0 Å². The summed E-state index contributed by atoms with van der Waals surface area (Å²) in [6, 6.07) is 4.98. The van der Waals surface area contributed by atoms with Crippen molar-refractivity contribution in [3.8, 4) is 11.5 Å². The number of aliphatic hydroxyl groups excluding tert-OH is 1. The highest BCUT2D eigenvalue weighted by molar-refractivity contribution is 5.98. The molecule has 2 aromatic carbocycles. The fourth-order valence-corrected chi connectivity index (χ4v) is 5.15. The maximum Gasteiger partial charge on any atom is 0.298 e. The van der Waals surface area contributed by atoms with Gasteiger partial charge in [0, 0.05) is 23.6 Å². The number of aryl methyl sites for hydroxylation is 1. The van der Waals surface area contributed by atoms with Gasteiger partial charge < -0.3 is 19.9 Å². The van der Waals surface area contributed by atoms with Gasteiger partial charge in [-0.25, -0.2) is 14.4 Å². The standard InChI is InChI=1S/C27H30F3N3O3/c1-15(18-9-6-10-20(24(18)28)27(29,30)14-34)31-26-23-22(36-17-7-4-3-5-8-17)13-21-19(11-12-35-21)25(23)32-16(2)33-26/h6,9-10,13,15,17,34H,3-5,7-8,11-12,14H2,1-2H3,(H,31,32,33)/t15-/m1/s1. The highest BCUT2D eigenvalue weighted by atomic mass is 19.3. The molecule has 2 N–H and O–H groups in total. The summed E-state index contributed by atoms with van der Waals surface area (Å²) in [4.78, 5) is 9.31. The lowest BCUT2D eigenvalue weighted by atomic mass is 9.97. The molecule has 0 spiro atoms. The molecule has 192 valence electrons. The minimum atomic E-state index is -3.68. The molecular formula is C27H30F3N3O3. The first-order valence-corrected chi connectivity index (χ1v) is 12.5. The largest absolute Gasteiger partial charge is 0.493 e. The molecule has 0 radical (unpaired) electrons. The number of rotatable bonds is 7. The molecule has 0 unspecified atom stereocenters. The highest BCUT2D eigenvalue weighted by Gasteiger charge is 2.35. The Bertz CT molecular complexity index is 1280. The monoisotopic (exact) mass is 501 g/mol. The maximum atomic E-state index is 15.2. The van der Waals surface area contributed by atoms with E-state index in [-0.39, 0.29) is 11.7 Å². The normalized spacial score (nSPS) is 17.1. The lowest BCUT2D eigenvalue weighted by Gasteiger charge is -2.25. The zero-order valence-corrected chi connectivity index (χ0v) is 20.4. The number of aromatic nitrogens is 2. The van der Waals surface area contributed by atoms with E-state index in [1.807, 2.05) is 6.07 Å². The Morgan fingerprint density at radius 2 is 2.00 bits per heavy atom. The average Bonchev–Trinajstić information content (AvgIpc) is 3.33. The Balaban J connectivity index is 1.58. The van der Waals surface area contributed by atoms with Crippen molar-refractivity contribution in [1.29, 1.82) is 0 Å². The number of anilines is 1. The van der Waals surface area contributed by atoms with E-state index in [0.717, 1.165) is 48.6 Å². The quantitative estimate of drug-likeness (QED) is 0.415. The predicted molar refractivity (Wildman–Crippen MR) is 130 cm³/mol. The summed E-state index contributed by atoms with van der Waals surface area (Å²) in [5.74, 6) is -2.42. The number of nitrogens with zero attached hydrogens (tertiary/aromatic N) is 2. The third kappa shape index (κ3) is 4.56. The van der Waals surface area contributed by atoms with Crippen LogP contribution >= 0.6 is 0 Å². The Morgan fingerprint density at radius 3 is 2.75 bits per heavy atom. The highest BCUT2D eigenvalue weighted by Crippen LogP contribution is 2.43.